The maximum absolute atomic E-state index is 13.8. The van der Waals surface area contributed by atoms with Gasteiger partial charge in [0, 0.05) is 0 Å². The van der Waals surface area contributed by atoms with E-state index in [9.17, 15) is 18.4 Å². The van der Waals surface area contributed by atoms with Gasteiger partial charge in [0.2, 0.25) is 5.91 Å². The van der Waals surface area contributed by atoms with Crippen LogP contribution in [0.5, 0.6) is 0 Å². The molecule has 0 aliphatic heterocycles. The lowest BCUT2D eigenvalue weighted by molar-refractivity contribution is -0.116. The highest BCUT2D eigenvalue weighted by Crippen LogP contribution is 2.27. The SMILES string of the molecule is O=C(Cn1cn[nH]c1=O)Nc1ccc(F)cc1Nc1ccccc1F. The van der Waals surface area contributed by atoms with E-state index >= 15 is 0 Å². The number of amides is 1. The van der Waals surface area contributed by atoms with Gasteiger partial charge in [0.05, 0.1) is 17.1 Å². The molecule has 0 aliphatic rings. The first-order valence-corrected chi connectivity index (χ1v) is 7.23. The molecule has 2 aromatic carbocycles. The third-order valence-electron chi connectivity index (χ3n) is 3.33. The lowest BCUT2D eigenvalue weighted by Gasteiger charge is -2.14. The van der Waals surface area contributed by atoms with Crippen LogP contribution in [0.1, 0.15) is 0 Å². The Kier molecular flexibility index (Phi) is 4.55. The Labute approximate surface area is 140 Å². The number of hydrogen-bond acceptors (Lipinski definition) is 4. The molecule has 3 rings (SSSR count). The summed E-state index contributed by atoms with van der Waals surface area (Å²) >= 11 is 0. The molecule has 7 nitrogen and oxygen atoms in total. The van der Waals surface area contributed by atoms with E-state index in [-0.39, 0.29) is 23.6 Å². The lowest BCUT2D eigenvalue weighted by Crippen LogP contribution is -2.25. The first-order valence-electron chi connectivity index (χ1n) is 7.23. The van der Waals surface area contributed by atoms with Gasteiger partial charge in [-0.1, -0.05) is 12.1 Å². The van der Waals surface area contributed by atoms with Crippen LogP contribution < -0.4 is 16.3 Å². The molecule has 1 aromatic heterocycles. The molecule has 25 heavy (non-hydrogen) atoms. The summed E-state index contributed by atoms with van der Waals surface area (Å²) < 4.78 is 28.4. The first kappa shape index (κ1) is 16.4. The highest BCUT2D eigenvalue weighted by Gasteiger charge is 2.11. The lowest BCUT2D eigenvalue weighted by atomic mass is 10.2. The second-order valence-corrected chi connectivity index (χ2v) is 5.13. The number of nitrogens with one attached hydrogen (secondary N) is 3. The van der Waals surface area contributed by atoms with E-state index in [2.05, 4.69) is 20.8 Å². The number of aromatic nitrogens is 3. The summed E-state index contributed by atoms with van der Waals surface area (Å²) in [6, 6.07) is 9.51. The fourth-order valence-electron chi connectivity index (χ4n) is 2.16. The number of halogens is 2. The number of aromatic amines is 1. The number of H-pyrrole nitrogens is 1. The van der Waals surface area contributed by atoms with Crippen molar-refractivity contribution in [3.8, 4) is 0 Å². The predicted octanol–water partition coefficient (Wildman–Crippen LogP) is 2.23. The van der Waals surface area contributed by atoms with Crippen molar-refractivity contribution < 1.29 is 13.6 Å². The molecule has 1 amide bonds. The zero-order chi connectivity index (χ0) is 17.8. The molecule has 128 valence electrons. The third kappa shape index (κ3) is 3.89. The normalized spacial score (nSPS) is 10.5. The monoisotopic (exact) mass is 345 g/mol. The Hall–Kier alpha value is -3.49. The second-order valence-electron chi connectivity index (χ2n) is 5.13. The fourth-order valence-corrected chi connectivity index (χ4v) is 2.16. The van der Waals surface area contributed by atoms with Gasteiger partial charge in [0.1, 0.15) is 24.5 Å². The van der Waals surface area contributed by atoms with Gasteiger partial charge in [0.15, 0.2) is 0 Å². The largest absolute Gasteiger partial charge is 0.351 e. The summed E-state index contributed by atoms with van der Waals surface area (Å²) in [5, 5.41) is 11.0. The number of benzene rings is 2. The van der Waals surface area contributed by atoms with Crippen molar-refractivity contribution in [2.75, 3.05) is 10.6 Å². The van der Waals surface area contributed by atoms with Crippen LogP contribution in [0.2, 0.25) is 0 Å². The van der Waals surface area contributed by atoms with Crippen LogP contribution in [0.4, 0.5) is 25.8 Å². The molecule has 0 saturated heterocycles. The average molecular weight is 345 g/mol. The van der Waals surface area contributed by atoms with E-state index in [1.165, 1.54) is 30.6 Å². The Bertz CT molecular complexity index is 967. The van der Waals surface area contributed by atoms with Crippen LogP contribution in [-0.2, 0) is 11.3 Å². The van der Waals surface area contributed by atoms with Gasteiger partial charge in [-0.05, 0) is 30.3 Å². The number of rotatable bonds is 5. The highest BCUT2D eigenvalue weighted by molar-refractivity contribution is 5.94. The topological polar surface area (TPSA) is 91.8 Å². The summed E-state index contributed by atoms with van der Waals surface area (Å²) in [7, 11) is 0. The Morgan fingerprint density at radius 3 is 2.64 bits per heavy atom. The number of carbonyl (C=O) groups excluding carboxylic acids is 1. The van der Waals surface area contributed by atoms with Crippen molar-refractivity contribution in [3.05, 3.63) is 70.9 Å². The minimum absolute atomic E-state index is 0.134. The van der Waals surface area contributed by atoms with Crippen molar-refractivity contribution in [2.24, 2.45) is 0 Å². The van der Waals surface area contributed by atoms with Crippen molar-refractivity contribution >= 4 is 23.0 Å². The van der Waals surface area contributed by atoms with E-state index in [0.717, 1.165) is 16.7 Å². The molecule has 3 aromatic rings. The van der Waals surface area contributed by atoms with E-state index in [4.69, 9.17) is 0 Å². The molecule has 0 unspecified atom stereocenters. The summed E-state index contributed by atoms with van der Waals surface area (Å²) in [5.41, 5.74) is 0.0257. The Morgan fingerprint density at radius 1 is 1.12 bits per heavy atom. The van der Waals surface area contributed by atoms with Gasteiger partial charge >= 0.3 is 5.69 Å². The Balaban J connectivity index is 1.81. The van der Waals surface area contributed by atoms with Crippen LogP contribution in [0.3, 0.4) is 0 Å². The molecule has 0 radical (unpaired) electrons. The average Bonchev–Trinajstić information content (AvgIpc) is 2.97. The highest BCUT2D eigenvalue weighted by atomic mass is 19.1. The minimum Gasteiger partial charge on any atom is -0.351 e. The maximum Gasteiger partial charge on any atom is 0.343 e. The molecule has 0 bridgehead atoms. The molecule has 9 heteroatoms. The predicted molar refractivity (Wildman–Crippen MR) is 87.6 cm³/mol. The zero-order valence-electron chi connectivity index (χ0n) is 12.8. The van der Waals surface area contributed by atoms with E-state index < -0.39 is 23.2 Å². The molecule has 3 N–H and O–H groups in total. The minimum atomic E-state index is -0.553. The molecule has 0 atom stereocenters. The molecule has 0 spiro atoms. The Morgan fingerprint density at radius 2 is 1.92 bits per heavy atom. The molecule has 0 aliphatic carbocycles. The number of para-hydroxylation sites is 1. The van der Waals surface area contributed by atoms with E-state index in [1.54, 1.807) is 6.07 Å². The van der Waals surface area contributed by atoms with Gasteiger partial charge in [-0.15, -0.1) is 0 Å². The fraction of sp³-hybridized carbons (Fsp3) is 0.0625. The number of nitrogens with zero attached hydrogens (tertiary/aromatic N) is 2. The van der Waals surface area contributed by atoms with Gasteiger partial charge < -0.3 is 10.6 Å². The van der Waals surface area contributed by atoms with Gasteiger partial charge in [-0.2, -0.15) is 5.10 Å². The van der Waals surface area contributed by atoms with Crippen LogP contribution in [0.15, 0.2) is 53.6 Å². The van der Waals surface area contributed by atoms with Gasteiger partial charge in [-0.25, -0.2) is 18.7 Å². The molecular formula is C16H13F2N5O2. The standard InChI is InChI=1S/C16H13F2N5O2/c17-10-5-6-13(21-15(24)8-23-9-19-22-16(23)25)14(7-10)20-12-4-2-1-3-11(12)18/h1-7,9,20H,8H2,(H,21,24)(H,22,25). The van der Waals surface area contributed by atoms with Crippen LogP contribution in [0.25, 0.3) is 0 Å². The smallest absolute Gasteiger partial charge is 0.343 e. The third-order valence-corrected chi connectivity index (χ3v) is 3.33. The summed E-state index contributed by atoms with van der Waals surface area (Å²) in [4.78, 5) is 23.4. The van der Waals surface area contributed by atoms with E-state index in [0.29, 0.717) is 0 Å². The summed E-state index contributed by atoms with van der Waals surface area (Å²) in [6.45, 7) is -0.272. The number of hydrogen-bond donors (Lipinski definition) is 3. The summed E-state index contributed by atoms with van der Waals surface area (Å²) in [6.07, 6.45) is 1.19. The first-order chi connectivity index (χ1) is 12.0. The van der Waals surface area contributed by atoms with Gasteiger partial charge in [-0.3, -0.25) is 9.36 Å². The zero-order valence-corrected chi connectivity index (χ0v) is 12.8. The van der Waals surface area contributed by atoms with Crippen molar-refractivity contribution in [2.45, 2.75) is 6.54 Å². The van der Waals surface area contributed by atoms with Crippen LogP contribution in [-0.4, -0.2) is 20.7 Å². The molecule has 0 fully saturated rings. The van der Waals surface area contributed by atoms with Crippen LogP contribution in [0, 0.1) is 11.6 Å². The quantitative estimate of drug-likeness (QED) is 0.661. The van der Waals surface area contributed by atoms with Crippen molar-refractivity contribution in [3.63, 3.8) is 0 Å². The van der Waals surface area contributed by atoms with Gasteiger partial charge in [0.25, 0.3) is 0 Å². The van der Waals surface area contributed by atoms with Crippen LogP contribution >= 0.6 is 0 Å². The molecule has 1 heterocycles. The summed E-state index contributed by atoms with van der Waals surface area (Å²) in [5.74, 6) is -1.59. The maximum atomic E-state index is 13.8. The molecule has 0 saturated carbocycles. The van der Waals surface area contributed by atoms with Crippen molar-refractivity contribution in [1.82, 2.24) is 14.8 Å². The van der Waals surface area contributed by atoms with E-state index in [1.807, 2.05) is 0 Å². The molecular weight excluding hydrogens is 332 g/mol. The second kappa shape index (κ2) is 6.95. The number of anilines is 3. The number of carbonyl (C=O) groups is 1. The van der Waals surface area contributed by atoms with Crippen molar-refractivity contribution in [1.29, 1.82) is 0 Å².